The zero-order valence-corrected chi connectivity index (χ0v) is 33.3. The van der Waals surface area contributed by atoms with E-state index in [0.717, 1.165) is 65.8 Å². The van der Waals surface area contributed by atoms with Crippen molar-refractivity contribution in [1.82, 2.24) is 28.9 Å². The molecule has 0 radical (unpaired) electrons. The number of carbonyl (C=O) groups is 1. The number of carboxylic acids is 1. The Hall–Kier alpha value is -4.55. The molecule has 0 bridgehead atoms. The normalized spacial score (nSPS) is 18.6. The highest BCUT2D eigenvalue weighted by Crippen LogP contribution is 2.46. The van der Waals surface area contributed by atoms with E-state index in [-0.39, 0.29) is 36.3 Å². The number of ether oxygens (including phenoxy) is 3. The molecule has 18 heteroatoms. The van der Waals surface area contributed by atoms with Crippen LogP contribution in [0.2, 0.25) is 0 Å². The molecule has 1 saturated heterocycles. The third kappa shape index (κ3) is 9.60. The number of hydrogen-bond acceptors (Lipinski definition) is 11. The molecule has 7 rings (SSSR count). The summed E-state index contributed by atoms with van der Waals surface area (Å²) in [5.74, 6) is -0.652. The molecule has 1 fully saturated rings. The van der Waals surface area contributed by atoms with Gasteiger partial charge in [-0.1, -0.05) is 31.2 Å². The summed E-state index contributed by atoms with van der Waals surface area (Å²) in [5.41, 5.74) is 2.46. The molecule has 3 atom stereocenters. The van der Waals surface area contributed by atoms with Crippen molar-refractivity contribution >= 4 is 56.1 Å². The molecule has 4 aromatic heterocycles. The zero-order chi connectivity index (χ0) is 40.3. The van der Waals surface area contributed by atoms with Gasteiger partial charge in [0.2, 0.25) is 12.0 Å². The van der Waals surface area contributed by atoms with E-state index in [4.69, 9.17) is 30.8 Å². The number of nitrogens with zero attached hydrogens (tertiary/aromatic N) is 6. The summed E-state index contributed by atoms with van der Waals surface area (Å²) in [5, 5.41) is 13.7. The van der Waals surface area contributed by atoms with Crippen LogP contribution in [0, 0.1) is 11.0 Å². The van der Waals surface area contributed by atoms with Crippen molar-refractivity contribution in [2.45, 2.75) is 44.2 Å². The van der Waals surface area contributed by atoms with Gasteiger partial charge in [-0.25, -0.2) is 4.79 Å². The van der Waals surface area contributed by atoms with Gasteiger partial charge in [-0.15, -0.1) is 22.9 Å². The molecule has 57 heavy (non-hydrogen) atoms. The van der Waals surface area contributed by atoms with Gasteiger partial charge in [-0.05, 0) is 60.1 Å². The SMILES string of the molecule is CC1C(c2c(-c3ccc(F)s3)ncc3snc(O[C@H](Cc4ccccc4OCc4ccnn4CC(F)(F)F)C(=O)O)c23)=CC=C(OCCN2CCN(C)CC2)C1Cl. The van der Waals surface area contributed by atoms with Crippen molar-refractivity contribution in [3.63, 3.8) is 0 Å². The lowest BCUT2D eigenvalue weighted by molar-refractivity contribution is -0.145. The maximum absolute atomic E-state index is 14.5. The predicted octanol–water partition coefficient (Wildman–Crippen LogP) is 7.76. The topological polar surface area (TPSA) is 115 Å². The van der Waals surface area contributed by atoms with Crippen molar-refractivity contribution in [3.8, 4) is 22.2 Å². The average molecular weight is 847 g/mol. The molecule has 1 aromatic carbocycles. The maximum Gasteiger partial charge on any atom is 0.408 e. The van der Waals surface area contributed by atoms with E-state index in [0.29, 0.717) is 44.2 Å². The van der Waals surface area contributed by atoms with Crippen LogP contribution in [0.4, 0.5) is 17.6 Å². The first-order valence-electron chi connectivity index (χ1n) is 18.2. The molecule has 5 heterocycles. The monoisotopic (exact) mass is 846 g/mol. The van der Waals surface area contributed by atoms with E-state index in [9.17, 15) is 27.5 Å². The van der Waals surface area contributed by atoms with Gasteiger partial charge >= 0.3 is 12.1 Å². The van der Waals surface area contributed by atoms with E-state index in [1.807, 2.05) is 19.1 Å². The van der Waals surface area contributed by atoms with Gasteiger partial charge in [0.25, 0.3) is 0 Å². The minimum Gasteiger partial charge on any atom is -0.495 e. The number of aromatic nitrogens is 4. The summed E-state index contributed by atoms with van der Waals surface area (Å²) in [6.07, 6.45) is 0.494. The van der Waals surface area contributed by atoms with Gasteiger partial charge in [0, 0.05) is 63.0 Å². The van der Waals surface area contributed by atoms with Crippen molar-refractivity contribution in [1.29, 1.82) is 0 Å². The number of allylic oxidation sites excluding steroid dienone is 4. The maximum atomic E-state index is 14.5. The van der Waals surface area contributed by atoms with Crippen molar-refractivity contribution in [3.05, 3.63) is 94.7 Å². The number of aliphatic carboxylic acids is 1. The molecule has 302 valence electrons. The Morgan fingerprint density at radius 1 is 1.09 bits per heavy atom. The van der Waals surface area contributed by atoms with E-state index >= 15 is 0 Å². The Morgan fingerprint density at radius 3 is 2.61 bits per heavy atom. The van der Waals surface area contributed by atoms with Gasteiger partial charge in [-0.2, -0.15) is 27.0 Å². The second-order valence-corrected chi connectivity index (χ2v) is 16.1. The van der Waals surface area contributed by atoms with Gasteiger partial charge < -0.3 is 24.2 Å². The number of thiophene rings is 1. The van der Waals surface area contributed by atoms with Crippen LogP contribution in [0.3, 0.4) is 0 Å². The smallest absolute Gasteiger partial charge is 0.408 e. The van der Waals surface area contributed by atoms with Crippen LogP contribution in [0.5, 0.6) is 11.6 Å². The number of carboxylic acid groups (broad SMARTS) is 1. The Balaban J connectivity index is 1.17. The van der Waals surface area contributed by atoms with Gasteiger partial charge in [0.1, 0.15) is 31.3 Å². The Bertz CT molecular complexity index is 2270. The number of pyridine rings is 1. The van der Waals surface area contributed by atoms with Gasteiger partial charge in [0.05, 0.1) is 31.7 Å². The molecule has 1 N–H and O–H groups in total. The summed E-state index contributed by atoms with van der Waals surface area (Å²) < 4.78 is 78.0. The molecule has 1 aliphatic carbocycles. The van der Waals surface area contributed by atoms with E-state index in [1.165, 1.54) is 18.3 Å². The Morgan fingerprint density at radius 2 is 1.88 bits per heavy atom. The minimum absolute atomic E-state index is 0.0463. The van der Waals surface area contributed by atoms with Crippen LogP contribution in [0.25, 0.3) is 26.2 Å². The molecule has 1 aliphatic heterocycles. The first kappa shape index (κ1) is 40.6. The number of rotatable bonds is 15. The number of likely N-dealkylation sites (N-methyl/N-ethyl adjacent to an activating group) is 1. The lowest BCUT2D eigenvalue weighted by Gasteiger charge is -2.33. The van der Waals surface area contributed by atoms with Crippen molar-refractivity contribution in [2.24, 2.45) is 5.92 Å². The second kappa shape index (κ2) is 17.5. The fourth-order valence-corrected chi connectivity index (χ4v) is 8.50. The number of benzene rings is 1. The summed E-state index contributed by atoms with van der Waals surface area (Å²) in [6.45, 7) is 5.64. The van der Waals surface area contributed by atoms with E-state index < -0.39 is 35.3 Å². The number of hydrogen-bond donors (Lipinski definition) is 1. The number of alkyl halides is 4. The van der Waals surface area contributed by atoms with E-state index in [1.54, 1.807) is 36.5 Å². The number of fused-ring (bicyclic) bond motifs is 1. The lowest BCUT2D eigenvalue weighted by Crippen LogP contribution is -2.45. The highest BCUT2D eigenvalue weighted by molar-refractivity contribution is 7.14. The van der Waals surface area contributed by atoms with Gasteiger partial charge in [-0.3, -0.25) is 14.6 Å². The largest absolute Gasteiger partial charge is 0.495 e. The third-order valence-electron chi connectivity index (χ3n) is 9.90. The average Bonchev–Trinajstić information content (AvgIpc) is 3.92. The van der Waals surface area contributed by atoms with Crippen LogP contribution in [0.15, 0.2) is 72.8 Å². The van der Waals surface area contributed by atoms with Crippen LogP contribution >= 0.6 is 34.5 Å². The van der Waals surface area contributed by atoms with Crippen molar-refractivity contribution in [2.75, 3.05) is 46.4 Å². The molecule has 0 amide bonds. The van der Waals surface area contributed by atoms with Crippen LogP contribution in [-0.4, -0.2) is 104 Å². The summed E-state index contributed by atoms with van der Waals surface area (Å²) >= 11 is 9.10. The minimum atomic E-state index is -4.48. The van der Waals surface area contributed by atoms with E-state index in [2.05, 4.69) is 26.3 Å². The first-order valence-corrected chi connectivity index (χ1v) is 20.2. The molecule has 11 nitrogen and oxygen atoms in total. The van der Waals surface area contributed by atoms with Gasteiger partial charge in [0.15, 0.2) is 5.13 Å². The zero-order valence-electron chi connectivity index (χ0n) is 30.9. The molecule has 5 aromatic rings. The Labute approximate surface area is 338 Å². The highest BCUT2D eigenvalue weighted by Gasteiger charge is 2.34. The Kier molecular flexibility index (Phi) is 12.5. The fraction of sp³-hybridized carbons (Fsp3) is 0.385. The quantitative estimate of drug-likeness (QED) is 0.0829. The number of halogens is 5. The molecule has 2 aliphatic rings. The summed E-state index contributed by atoms with van der Waals surface area (Å²) in [4.78, 5) is 22.7. The lowest BCUT2D eigenvalue weighted by atomic mass is 9.84. The predicted molar refractivity (Wildman–Crippen MR) is 210 cm³/mol. The fourth-order valence-electron chi connectivity index (χ4n) is 6.80. The molecule has 0 spiro atoms. The van der Waals surface area contributed by atoms with Crippen molar-refractivity contribution < 1.29 is 41.7 Å². The summed E-state index contributed by atoms with van der Waals surface area (Å²) in [6, 6.07) is 11.0. The molecule has 0 saturated carbocycles. The standard InChI is InChI=1S/C39H39ClF4N6O5S2/c1-23-26(7-8-28(35(23)40)53-18-17-49-15-13-48(2)14-16-49)33-34-31(20-45-36(33)30-9-10-32(41)56-30)57-47-37(34)55-29(38(51)52)19-24-5-3-4-6-27(24)54-21-25-11-12-46-50(25)22-39(42,43)44/h3-12,20,23,29,35H,13-19,21-22H2,1-2H3,(H,51,52)/t23?,29-,35?/m1/s1. The first-order chi connectivity index (χ1) is 27.3. The van der Waals surface area contributed by atoms with Crippen LogP contribution < -0.4 is 9.47 Å². The second-order valence-electron chi connectivity index (χ2n) is 13.8. The molecular formula is C39H39ClF4N6O5S2. The highest BCUT2D eigenvalue weighted by atomic mass is 35.5. The molecular weight excluding hydrogens is 808 g/mol. The summed E-state index contributed by atoms with van der Waals surface area (Å²) in [7, 11) is 2.11. The molecule has 2 unspecified atom stereocenters. The number of para-hydroxylation sites is 1. The van der Waals surface area contributed by atoms with Crippen LogP contribution in [0.1, 0.15) is 23.7 Å². The van der Waals surface area contributed by atoms with Crippen LogP contribution in [-0.2, 0) is 29.1 Å². The number of piperazine rings is 1. The third-order valence-corrected chi connectivity index (χ3v) is 12.1.